The van der Waals surface area contributed by atoms with E-state index < -0.39 is 17.8 Å². The summed E-state index contributed by atoms with van der Waals surface area (Å²) in [5.74, 6) is -0.424. The molecule has 1 N–H and O–H groups in total. The minimum Gasteiger partial charge on any atom is -0.311 e. The topological polar surface area (TPSA) is 46.9 Å². The zero-order valence-electron chi connectivity index (χ0n) is 7.51. The second kappa shape index (κ2) is 3.32. The molecule has 14 heavy (non-hydrogen) atoms. The van der Waals surface area contributed by atoms with Crippen LogP contribution in [0.25, 0.3) is 0 Å². The Morgan fingerprint density at radius 1 is 1.57 bits per heavy atom. The van der Waals surface area contributed by atoms with Crippen molar-refractivity contribution in [3.05, 3.63) is 11.8 Å². The highest BCUT2D eigenvalue weighted by Crippen LogP contribution is 2.29. The molecule has 0 aliphatic rings. The van der Waals surface area contributed by atoms with Crippen LogP contribution in [0.2, 0.25) is 0 Å². The van der Waals surface area contributed by atoms with E-state index in [1.807, 2.05) is 0 Å². The fourth-order valence-electron chi connectivity index (χ4n) is 0.903. The third-order valence-corrected chi connectivity index (χ3v) is 1.47. The molecular weight excluding hydrogens is 199 g/mol. The first-order valence-electron chi connectivity index (χ1n) is 3.69. The number of aryl methyl sites for hydroxylation is 1. The van der Waals surface area contributed by atoms with Gasteiger partial charge in [-0.3, -0.25) is 9.48 Å². The van der Waals surface area contributed by atoms with Crippen LogP contribution in [0.1, 0.15) is 12.6 Å². The third kappa shape index (κ3) is 2.24. The largest absolute Gasteiger partial charge is 0.435 e. The van der Waals surface area contributed by atoms with Crippen molar-refractivity contribution < 1.29 is 18.0 Å². The molecule has 4 nitrogen and oxygen atoms in total. The van der Waals surface area contributed by atoms with Gasteiger partial charge in [-0.1, -0.05) is 0 Å². The van der Waals surface area contributed by atoms with E-state index in [0.717, 1.165) is 10.7 Å². The summed E-state index contributed by atoms with van der Waals surface area (Å²) in [6, 6.07) is 0.779. The molecule has 7 heteroatoms. The van der Waals surface area contributed by atoms with Crippen molar-refractivity contribution in [1.82, 2.24) is 9.78 Å². The van der Waals surface area contributed by atoms with Gasteiger partial charge in [0.15, 0.2) is 5.69 Å². The molecule has 0 aliphatic carbocycles. The summed E-state index contributed by atoms with van der Waals surface area (Å²) >= 11 is 0. The molecule has 0 saturated carbocycles. The quantitative estimate of drug-likeness (QED) is 0.756. The smallest absolute Gasteiger partial charge is 0.311 e. The average molecular weight is 207 g/mol. The molecule has 0 aliphatic heterocycles. The van der Waals surface area contributed by atoms with E-state index in [-0.39, 0.29) is 5.82 Å². The van der Waals surface area contributed by atoms with E-state index in [1.54, 1.807) is 0 Å². The number of carbonyl (C=O) groups is 1. The van der Waals surface area contributed by atoms with Crippen LogP contribution in [-0.2, 0) is 18.0 Å². The molecule has 78 valence electrons. The number of nitrogens with zero attached hydrogens (tertiary/aromatic N) is 2. The zero-order valence-corrected chi connectivity index (χ0v) is 7.51. The fraction of sp³-hybridized carbons (Fsp3) is 0.429. The van der Waals surface area contributed by atoms with E-state index in [4.69, 9.17) is 0 Å². The summed E-state index contributed by atoms with van der Waals surface area (Å²) in [4.78, 5) is 10.6. The van der Waals surface area contributed by atoms with Gasteiger partial charge >= 0.3 is 6.18 Å². The fourth-order valence-corrected chi connectivity index (χ4v) is 0.903. The Bertz CT molecular complexity index is 356. The maximum Gasteiger partial charge on any atom is 0.435 e. The summed E-state index contributed by atoms with van der Waals surface area (Å²) in [5.41, 5.74) is -1.02. The first-order chi connectivity index (χ1) is 6.30. The molecule has 1 amide bonds. The van der Waals surface area contributed by atoms with Gasteiger partial charge in [0, 0.05) is 20.0 Å². The van der Waals surface area contributed by atoms with Crippen molar-refractivity contribution in [3.8, 4) is 0 Å². The second-order valence-corrected chi connectivity index (χ2v) is 2.72. The molecule has 0 spiro atoms. The Morgan fingerprint density at radius 2 is 2.14 bits per heavy atom. The molecule has 1 heterocycles. The van der Waals surface area contributed by atoms with Crippen LogP contribution in [0.4, 0.5) is 19.0 Å². The van der Waals surface area contributed by atoms with Gasteiger partial charge in [-0.2, -0.15) is 18.3 Å². The maximum atomic E-state index is 12.1. The van der Waals surface area contributed by atoms with Crippen molar-refractivity contribution >= 4 is 11.7 Å². The Kier molecular flexibility index (Phi) is 2.50. The summed E-state index contributed by atoms with van der Waals surface area (Å²) < 4.78 is 37.4. The summed E-state index contributed by atoms with van der Waals surface area (Å²) in [7, 11) is 1.32. The molecule has 0 fully saturated rings. The predicted octanol–water partition coefficient (Wildman–Crippen LogP) is 1.40. The highest BCUT2D eigenvalue weighted by atomic mass is 19.4. The van der Waals surface area contributed by atoms with Crippen LogP contribution < -0.4 is 5.32 Å². The molecule has 1 aromatic rings. The Morgan fingerprint density at radius 3 is 2.50 bits per heavy atom. The molecule has 0 atom stereocenters. The van der Waals surface area contributed by atoms with Gasteiger partial charge in [0.2, 0.25) is 5.91 Å². The van der Waals surface area contributed by atoms with Crippen LogP contribution in [-0.4, -0.2) is 15.7 Å². The van der Waals surface area contributed by atoms with Crippen LogP contribution in [0.3, 0.4) is 0 Å². The lowest BCUT2D eigenvalue weighted by Gasteiger charge is -1.99. The minimum absolute atomic E-state index is 0.0184. The molecule has 0 saturated heterocycles. The van der Waals surface area contributed by atoms with Crippen molar-refractivity contribution in [2.75, 3.05) is 5.32 Å². The molecule has 0 unspecified atom stereocenters. The predicted molar refractivity (Wildman–Crippen MR) is 42.5 cm³/mol. The number of halogens is 3. The average Bonchev–Trinajstić information content (AvgIpc) is 2.30. The highest BCUT2D eigenvalue weighted by molar-refractivity contribution is 5.87. The number of hydrogen-bond acceptors (Lipinski definition) is 2. The summed E-state index contributed by atoms with van der Waals surface area (Å²) in [6.07, 6.45) is -4.49. The number of nitrogens with one attached hydrogen (secondary N) is 1. The van der Waals surface area contributed by atoms with Gasteiger partial charge in [0.05, 0.1) is 0 Å². The Hall–Kier alpha value is -1.53. The van der Waals surface area contributed by atoms with Crippen LogP contribution >= 0.6 is 0 Å². The number of amides is 1. The second-order valence-electron chi connectivity index (χ2n) is 2.72. The van der Waals surface area contributed by atoms with E-state index in [1.165, 1.54) is 14.0 Å². The molecular formula is C7H8F3N3O. The Balaban J connectivity index is 2.99. The van der Waals surface area contributed by atoms with Crippen LogP contribution in [0.5, 0.6) is 0 Å². The normalized spacial score (nSPS) is 11.5. The van der Waals surface area contributed by atoms with Crippen LogP contribution in [0.15, 0.2) is 6.07 Å². The summed E-state index contributed by atoms with van der Waals surface area (Å²) in [6.45, 7) is 1.21. The Labute approximate surface area is 77.7 Å². The molecule has 0 aromatic carbocycles. The van der Waals surface area contributed by atoms with E-state index >= 15 is 0 Å². The van der Waals surface area contributed by atoms with E-state index in [0.29, 0.717) is 0 Å². The lowest BCUT2D eigenvalue weighted by Crippen LogP contribution is -2.09. The lowest BCUT2D eigenvalue weighted by molar-refractivity contribution is -0.141. The third-order valence-electron chi connectivity index (χ3n) is 1.47. The SMILES string of the molecule is CC(=O)Nc1cc(C(F)(F)F)nn1C. The minimum atomic E-state index is -4.49. The molecule has 0 radical (unpaired) electrons. The number of anilines is 1. The lowest BCUT2D eigenvalue weighted by atomic mass is 10.4. The number of aromatic nitrogens is 2. The van der Waals surface area contributed by atoms with Gasteiger partial charge < -0.3 is 5.32 Å². The molecule has 0 bridgehead atoms. The van der Waals surface area contributed by atoms with Gasteiger partial charge in [-0.25, -0.2) is 0 Å². The van der Waals surface area contributed by atoms with Crippen molar-refractivity contribution in [2.45, 2.75) is 13.1 Å². The number of rotatable bonds is 1. The maximum absolute atomic E-state index is 12.1. The number of hydrogen-bond donors (Lipinski definition) is 1. The van der Waals surface area contributed by atoms with E-state index in [2.05, 4.69) is 10.4 Å². The van der Waals surface area contributed by atoms with Crippen LogP contribution in [0, 0.1) is 0 Å². The van der Waals surface area contributed by atoms with Gasteiger partial charge in [0.25, 0.3) is 0 Å². The number of carbonyl (C=O) groups excluding carboxylic acids is 1. The van der Waals surface area contributed by atoms with Crippen molar-refractivity contribution in [2.24, 2.45) is 7.05 Å². The molecule has 1 rings (SSSR count). The summed E-state index contributed by atoms with van der Waals surface area (Å²) in [5, 5.41) is 5.44. The van der Waals surface area contributed by atoms with Crippen molar-refractivity contribution in [1.29, 1.82) is 0 Å². The number of alkyl halides is 3. The van der Waals surface area contributed by atoms with Gasteiger partial charge in [-0.05, 0) is 0 Å². The zero-order chi connectivity index (χ0) is 10.9. The van der Waals surface area contributed by atoms with E-state index in [9.17, 15) is 18.0 Å². The first kappa shape index (κ1) is 10.6. The highest BCUT2D eigenvalue weighted by Gasteiger charge is 2.34. The molecule has 1 aromatic heterocycles. The van der Waals surface area contributed by atoms with Gasteiger partial charge in [-0.15, -0.1) is 0 Å². The monoisotopic (exact) mass is 207 g/mol. The van der Waals surface area contributed by atoms with Crippen molar-refractivity contribution in [3.63, 3.8) is 0 Å². The first-order valence-corrected chi connectivity index (χ1v) is 3.69. The standard InChI is InChI=1S/C7H8F3N3O/c1-4(14)11-6-3-5(7(8,9)10)12-13(6)2/h3H,1-2H3,(H,11,14). The van der Waals surface area contributed by atoms with Gasteiger partial charge in [0.1, 0.15) is 5.82 Å².